The van der Waals surface area contributed by atoms with Gasteiger partial charge in [-0.1, -0.05) is 0 Å². The van der Waals surface area contributed by atoms with Gasteiger partial charge in [0.25, 0.3) is 0 Å². The first kappa shape index (κ1) is 12.9. The maximum Gasteiger partial charge on any atom is 0.246 e. The summed E-state index contributed by atoms with van der Waals surface area (Å²) in [6.07, 6.45) is 2.06. The fourth-order valence-electron chi connectivity index (χ4n) is 3.32. The lowest BCUT2D eigenvalue weighted by Gasteiger charge is -2.47. The third-order valence-electron chi connectivity index (χ3n) is 4.47. The molecule has 1 atom stereocenters. The molecule has 2 amide bonds. The molecular weight excluding hydrogens is 246 g/mol. The fourth-order valence-corrected chi connectivity index (χ4v) is 3.32. The van der Waals surface area contributed by atoms with E-state index in [1.165, 1.54) is 0 Å². The molecule has 3 saturated heterocycles. The van der Waals surface area contributed by atoms with E-state index in [-0.39, 0.29) is 24.4 Å². The van der Waals surface area contributed by atoms with Crippen LogP contribution in [0.15, 0.2) is 0 Å². The maximum atomic E-state index is 12.2. The van der Waals surface area contributed by atoms with Gasteiger partial charge in [0.1, 0.15) is 6.04 Å². The zero-order valence-electron chi connectivity index (χ0n) is 11.4. The summed E-state index contributed by atoms with van der Waals surface area (Å²) in [5, 5.41) is 0. The van der Waals surface area contributed by atoms with E-state index in [0.717, 1.165) is 32.6 Å². The van der Waals surface area contributed by atoms with Gasteiger partial charge in [-0.2, -0.15) is 0 Å². The minimum absolute atomic E-state index is 0.0800. The van der Waals surface area contributed by atoms with Crippen molar-refractivity contribution in [2.75, 3.05) is 46.4 Å². The molecule has 3 fully saturated rings. The summed E-state index contributed by atoms with van der Waals surface area (Å²) in [4.78, 5) is 29.9. The van der Waals surface area contributed by atoms with E-state index in [2.05, 4.69) is 4.90 Å². The first-order valence-corrected chi connectivity index (χ1v) is 7.03. The SMILES string of the molecule is CN1CC(=O)N2CCN(C3CCOCC3)C[C@@H]2C1=O. The van der Waals surface area contributed by atoms with E-state index in [9.17, 15) is 9.59 Å². The average Bonchev–Trinajstić information content (AvgIpc) is 2.45. The summed E-state index contributed by atoms with van der Waals surface area (Å²) < 4.78 is 5.39. The van der Waals surface area contributed by atoms with Crippen molar-refractivity contribution in [3.63, 3.8) is 0 Å². The summed E-state index contributed by atoms with van der Waals surface area (Å²) in [5.74, 6) is 0.162. The lowest BCUT2D eigenvalue weighted by molar-refractivity contribution is -0.159. The van der Waals surface area contributed by atoms with E-state index >= 15 is 0 Å². The Bertz CT molecular complexity index is 381. The second-order valence-electron chi connectivity index (χ2n) is 5.64. The third kappa shape index (κ3) is 2.34. The highest BCUT2D eigenvalue weighted by atomic mass is 16.5. The smallest absolute Gasteiger partial charge is 0.246 e. The van der Waals surface area contributed by atoms with Crippen LogP contribution in [0.25, 0.3) is 0 Å². The number of rotatable bonds is 1. The van der Waals surface area contributed by atoms with Crippen LogP contribution in [0.4, 0.5) is 0 Å². The molecule has 0 aromatic carbocycles. The number of nitrogens with zero attached hydrogens (tertiary/aromatic N) is 3. The van der Waals surface area contributed by atoms with Crippen LogP contribution in [0, 0.1) is 0 Å². The van der Waals surface area contributed by atoms with Crippen molar-refractivity contribution in [1.29, 1.82) is 0 Å². The van der Waals surface area contributed by atoms with Gasteiger partial charge >= 0.3 is 0 Å². The van der Waals surface area contributed by atoms with E-state index < -0.39 is 0 Å². The molecule has 6 heteroatoms. The number of carbonyl (C=O) groups is 2. The van der Waals surface area contributed by atoms with Gasteiger partial charge in [0, 0.05) is 45.9 Å². The Balaban J connectivity index is 1.70. The largest absolute Gasteiger partial charge is 0.381 e. The molecule has 3 heterocycles. The van der Waals surface area contributed by atoms with E-state index in [4.69, 9.17) is 4.74 Å². The molecule has 0 saturated carbocycles. The predicted octanol–water partition coefficient (Wildman–Crippen LogP) is -0.850. The minimum atomic E-state index is -0.275. The van der Waals surface area contributed by atoms with Crippen LogP contribution in [0.2, 0.25) is 0 Å². The highest BCUT2D eigenvalue weighted by Gasteiger charge is 2.42. The van der Waals surface area contributed by atoms with E-state index in [1.54, 1.807) is 16.8 Å². The molecule has 3 aliphatic heterocycles. The molecule has 106 valence electrons. The average molecular weight is 267 g/mol. The highest BCUT2D eigenvalue weighted by molar-refractivity contribution is 5.95. The number of piperazine rings is 2. The lowest BCUT2D eigenvalue weighted by Crippen LogP contribution is -2.67. The molecule has 0 unspecified atom stereocenters. The Morgan fingerprint density at radius 3 is 2.63 bits per heavy atom. The second-order valence-corrected chi connectivity index (χ2v) is 5.64. The predicted molar refractivity (Wildman–Crippen MR) is 68.6 cm³/mol. The van der Waals surface area contributed by atoms with Crippen LogP contribution < -0.4 is 0 Å². The van der Waals surface area contributed by atoms with Gasteiger partial charge in [-0.3, -0.25) is 14.5 Å². The third-order valence-corrected chi connectivity index (χ3v) is 4.47. The number of carbonyl (C=O) groups excluding carboxylic acids is 2. The van der Waals surface area contributed by atoms with Crippen LogP contribution in [0.1, 0.15) is 12.8 Å². The monoisotopic (exact) mass is 267 g/mol. The van der Waals surface area contributed by atoms with Crippen molar-refractivity contribution in [2.24, 2.45) is 0 Å². The zero-order chi connectivity index (χ0) is 13.4. The van der Waals surface area contributed by atoms with Gasteiger partial charge in [0.15, 0.2) is 0 Å². The van der Waals surface area contributed by atoms with E-state index in [0.29, 0.717) is 19.1 Å². The van der Waals surface area contributed by atoms with Gasteiger partial charge < -0.3 is 14.5 Å². The van der Waals surface area contributed by atoms with Crippen LogP contribution in [0.5, 0.6) is 0 Å². The summed E-state index contributed by atoms with van der Waals surface area (Å²) in [6, 6.07) is 0.230. The number of likely N-dealkylation sites (N-methyl/N-ethyl adjacent to an activating group) is 1. The Kier molecular flexibility index (Phi) is 3.45. The summed E-state index contributed by atoms with van der Waals surface area (Å²) in [7, 11) is 1.71. The Hall–Kier alpha value is -1.14. The van der Waals surface area contributed by atoms with Crippen LogP contribution >= 0.6 is 0 Å². The molecule has 3 aliphatic rings. The van der Waals surface area contributed by atoms with E-state index in [1.807, 2.05) is 0 Å². The summed E-state index contributed by atoms with van der Waals surface area (Å²) >= 11 is 0. The molecule has 0 radical (unpaired) electrons. The molecule has 3 rings (SSSR count). The molecule has 0 bridgehead atoms. The number of hydrogen-bond acceptors (Lipinski definition) is 4. The Labute approximate surface area is 113 Å². The van der Waals surface area contributed by atoms with Gasteiger partial charge in [-0.15, -0.1) is 0 Å². The van der Waals surface area contributed by atoms with Gasteiger partial charge in [-0.25, -0.2) is 0 Å². The lowest BCUT2D eigenvalue weighted by atomic mass is 10.0. The molecular formula is C13H21N3O3. The van der Waals surface area contributed by atoms with Crippen molar-refractivity contribution >= 4 is 11.8 Å². The molecule has 0 spiro atoms. The standard InChI is InChI=1S/C13H21N3O3/c1-14-9-12(17)16-5-4-15(8-11(16)13(14)18)10-2-6-19-7-3-10/h10-11H,2-9H2,1H3/t11-/m1/s1. The normalized spacial score (nSPS) is 30.7. The van der Waals surface area contributed by atoms with Gasteiger partial charge in [-0.05, 0) is 12.8 Å². The number of amides is 2. The van der Waals surface area contributed by atoms with Crippen molar-refractivity contribution < 1.29 is 14.3 Å². The fraction of sp³-hybridized carbons (Fsp3) is 0.846. The van der Waals surface area contributed by atoms with Crippen LogP contribution in [-0.4, -0.2) is 85.0 Å². The topological polar surface area (TPSA) is 53.1 Å². The minimum Gasteiger partial charge on any atom is -0.381 e. The van der Waals surface area contributed by atoms with Crippen molar-refractivity contribution in [3.8, 4) is 0 Å². The van der Waals surface area contributed by atoms with Crippen molar-refractivity contribution in [1.82, 2.24) is 14.7 Å². The molecule has 0 aliphatic carbocycles. The quantitative estimate of drug-likeness (QED) is 0.621. The zero-order valence-corrected chi connectivity index (χ0v) is 11.4. The molecule has 6 nitrogen and oxygen atoms in total. The second kappa shape index (κ2) is 5.09. The van der Waals surface area contributed by atoms with Crippen molar-refractivity contribution in [3.05, 3.63) is 0 Å². The van der Waals surface area contributed by atoms with Crippen molar-refractivity contribution in [2.45, 2.75) is 24.9 Å². The summed E-state index contributed by atoms with van der Waals surface area (Å²) in [6.45, 7) is 4.08. The highest BCUT2D eigenvalue weighted by Crippen LogP contribution is 2.22. The van der Waals surface area contributed by atoms with Crippen LogP contribution in [0.3, 0.4) is 0 Å². The number of ether oxygens (including phenoxy) is 1. The molecule has 0 N–H and O–H groups in total. The number of hydrogen-bond donors (Lipinski definition) is 0. The molecule has 0 aromatic rings. The van der Waals surface area contributed by atoms with Crippen LogP contribution in [-0.2, 0) is 14.3 Å². The summed E-state index contributed by atoms with van der Waals surface area (Å²) in [5.41, 5.74) is 0. The Morgan fingerprint density at radius 1 is 1.16 bits per heavy atom. The maximum absolute atomic E-state index is 12.2. The first-order chi connectivity index (χ1) is 9.16. The molecule has 19 heavy (non-hydrogen) atoms. The first-order valence-electron chi connectivity index (χ1n) is 7.03. The van der Waals surface area contributed by atoms with Gasteiger partial charge in [0.05, 0.1) is 6.54 Å². The Morgan fingerprint density at radius 2 is 1.89 bits per heavy atom. The number of fused-ring (bicyclic) bond motifs is 1. The van der Waals surface area contributed by atoms with Gasteiger partial charge in [0.2, 0.25) is 11.8 Å². The molecule has 0 aromatic heterocycles.